The Morgan fingerprint density at radius 3 is 2.50 bits per heavy atom. The summed E-state index contributed by atoms with van der Waals surface area (Å²) in [7, 11) is 0. The molecule has 0 amide bonds. The van der Waals surface area contributed by atoms with E-state index in [2.05, 4.69) is 10.1 Å². The van der Waals surface area contributed by atoms with E-state index < -0.39 is 11.9 Å². The molecule has 0 fully saturated rings. The Morgan fingerprint density at radius 2 is 2.11 bits per heavy atom. The quantitative estimate of drug-likeness (QED) is 0.510. The summed E-state index contributed by atoms with van der Waals surface area (Å²) in [6.45, 7) is 3.54. The van der Waals surface area contributed by atoms with Crippen LogP contribution in [0.25, 0.3) is 6.08 Å². The maximum absolute atomic E-state index is 12.3. The Labute approximate surface area is 103 Å². The average Bonchev–Trinajstić information content (AvgIpc) is 2.30. The lowest BCUT2D eigenvalue weighted by Crippen LogP contribution is -2.07. The summed E-state index contributed by atoms with van der Waals surface area (Å²) in [6, 6.07) is 2.24. The van der Waals surface area contributed by atoms with E-state index in [0.29, 0.717) is 23.3 Å². The lowest BCUT2D eigenvalue weighted by Gasteiger charge is -2.05. The minimum absolute atomic E-state index is 0.481. The fourth-order valence-electron chi connectivity index (χ4n) is 1.42. The van der Waals surface area contributed by atoms with Crippen LogP contribution in [0.1, 0.15) is 31.5 Å². The molecule has 0 unspecified atom stereocenters. The molecule has 1 heterocycles. The molecule has 18 heavy (non-hydrogen) atoms. The van der Waals surface area contributed by atoms with Gasteiger partial charge in [0, 0.05) is 6.20 Å². The molecule has 6 heteroatoms. The van der Waals surface area contributed by atoms with Gasteiger partial charge in [-0.25, -0.2) is 0 Å². The van der Waals surface area contributed by atoms with Crippen LogP contribution >= 0.6 is 0 Å². The zero-order valence-corrected chi connectivity index (χ0v) is 9.99. The SMILES string of the molecule is CCC(=N/O)/C(C)=C/c1ccc(C(F)(F)F)nc1. The van der Waals surface area contributed by atoms with Gasteiger partial charge in [0.2, 0.25) is 0 Å². The van der Waals surface area contributed by atoms with Crippen LogP contribution in [0, 0.1) is 0 Å². The fraction of sp³-hybridized carbons (Fsp3) is 0.333. The first kappa shape index (κ1) is 14.2. The highest BCUT2D eigenvalue weighted by Crippen LogP contribution is 2.27. The molecule has 1 aromatic heterocycles. The van der Waals surface area contributed by atoms with E-state index in [-0.39, 0.29) is 0 Å². The van der Waals surface area contributed by atoms with Crippen molar-refractivity contribution in [2.75, 3.05) is 0 Å². The van der Waals surface area contributed by atoms with Gasteiger partial charge in [0.15, 0.2) is 0 Å². The smallest absolute Gasteiger partial charge is 0.411 e. The van der Waals surface area contributed by atoms with Crippen LogP contribution in [-0.2, 0) is 6.18 Å². The Balaban J connectivity index is 2.97. The molecular formula is C12H13F3N2O. The van der Waals surface area contributed by atoms with Crippen LogP contribution in [0.5, 0.6) is 0 Å². The third-order valence-corrected chi connectivity index (χ3v) is 2.37. The number of alkyl halides is 3. The van der Waals surface area contributed by atoms with Gasteiger partial charge in [0.05, 0.1) is 5.71 Å². The minimum atomic E-state index is -4.43. The number of aromatic nitrogens is 1. The van der Waals surface area contributed by atoms with Crippen LogP contribution < -0.4 is 0 Å². The van der Waals surface area contributed by atoms with Crippen molar-refractivity contribution in [2.24, 2.45) is 5.16 Å². The third-order valence-electron chi connectivity index (χ3n) is 2.37. The second kappa shape index (κ2) is 5.66. The molecule has 0 aliphatic rings. The van der Waals surface area contributed by atoms with E-state index >= 15 is 0 Å². The highest BCUT2D eigenvalue weighted by atomic mass is 19.4. The largest absolute Gasteiger partial charge is 0.433 e. The highest BCUT2D eigenvalue weighted by molar-refractivity contribution is 6.02. The van der Waals surface area contributed by atoms with E-state index in [9.17, 15) is 13.2 Å². The summed E-state index contributed by atoms with van der Waals surface area (Å²) in [6.07, 6.45) is -1.14. The normalized spacial score (nSPS) is 13.8. The van der Waals surface area contributed by atoms with Crippen molar-refractivity contribution in [1.82, 2.24) is 4.98 Å². The lowest BCUT2D eigenvalue weighted by atomic mass is 10.1. The summed E-state index contributed by atoms with van der Waals surface area (Å²) in [5.41, 5.74) is 0.760. The van der Waals surface area contributed by atoms with Crippen molar-refractivity contribution in [3.63, 3.8) is 0 Å². The molecule has 0 bridgehead atoms. The molecule has 1 aromatic rings. The van der Waals surface area contributed by atoms with Crippen LogP contribution in [0.4, 0.5) is 13.2 Å². The van der Waals surface area contributed by atoms with Crippen molar-refractivity contribution in [3.8, 4) is 0 Å². The molecule has 0 saturated carbocycles. The zero-order chi connectivity index (χ0) is 13.8. The van der Waals surface area contributed by atoms with E-state index in [1.54, 1.807) is 13.0 Å². The van der Waals surface area contributed by atoms with Crippen LogP contribution in [-0.4, -0.2) is 15.9 Å². The van der Waals surface area contributed by atoms with Gasteiger partial charge in [-0.15, -0.1) is 0 Å². The summed E-state index contributed by atoms with van der Waals surface area (Å²) in [5.74, 6) is 0. The Hall–Kier alpha value is -1.85. The molecule has 0 aromatic carbocycles. The maximum atomic E-state index is 12.3. The number of hydrogen-bond donors (Lipinski definition) is 1. The van der Waals surface area contributed by atoms with E-state index in [0.717, 1.165) is 12.3 Å². The highest BCUT2D eigenvalue weighted by Gasteiger charge is 2.31. The Kier molecular flexibility index (Phi) is 4.47. The van der Waals surface area contributed by atoms with Gasteiger partial charge < -0.3 is 5.21 Å². The second-order valence-corrected chi connectivity index (χ2v) is 3.70. The van der Waals surface area contributed by atoms with Crippen molar-refractivity contribution in [3.05, 3.63) is 35.2 Å². The van der Waals surface area contributed by atoms with Gasteiger partial charge >= 0.3 is 6.18 Å². The van der Waals surface area contributed by atoms with Gasteiger partial charge in [0.25, 0.3) is 0 Å². The minimum Gasteiger partial charge on any atom is -0.411 e. The molecule has 0 spiro atoms. The zero-order valence-electron chi connectivity index (χ0n) is 9.99. The molecule has 3 nitrogen and oxygen atoms in total. The van der Waals surface area contributed by atoms with Gasteiger partial charge in [-0.1, -0.05) is 18.1 Å². The van der Waals surface area contributed by atoms with Gasteiger partial charge in [-0.3, -0.25) is 4.98 Å². The molecule has 98 valence electrons. The first-order valence-corrected chi connectivity index (χ1v) is 5.31. The molecule has 0 atom stereocenters. The summed E-state index contributed by atoms with van der Waals surface area (Å²) < 4.78 is 36.9. The summed E-state index contributed by atoms with van der Waals surface area (Å²) in [4.78, 5) is 3.34. The average molecular weight is 258 g/mol. The molecule has 1 rings (SSSR count). The van der Waals surface area contributed by atoms with Crippen LogP contribution in [0.2, 0.25) is 0 Å². The van der Waals surface area contributed by atoms with Gasteiger partial charge in [0.1, 0.15) is 5.69 Å². The number of rotatable bonds is 3. The predicted molar refractivity (Wildman–Crippen MR) is 62.4 cm³/mol. The summed E-state index contributed by atoms with van der Waals surface area (Å²) >= 11 is 0. The fourth-order valence-corrected chi connectivity index (χ4v) is 1.42. The lowest BCUT2D eigenvalue weighted by molar-refractivity contribution is -0.141. The molecule has 0 aliphatic heterocycles. The third kappa shape index (κ3) is 3.58. The number of allylic oxidation sites excluding steroid dienone is 1. The first-order chi connectivity index (χ1) is 8.38. The van der Waals surface area contributed by atoms with E-state index in [1.165, 1.54) is 6.07 Å². The van der Waals surface area contributed by atoms with Crippen molar-refractivity contribution in [1.29, 1.82) is 0 Å². The number of hydrogen-bond acceptors (Lipinski definition) is 3. The standard InChI is InChI=1S/C12H13F3N2O/c1-3-10(17-18)8(2)6-9-4-5-11(16-7-9)12(13,14)15/h4-7,18H,3H2,1-2H3/b8-6+,17-10-. The van der Waals surface area contributed by atoms with E-state index in [1.807, 2.05) is 6.92 Å². The van der Waals surface area contributed by atoms with E-state index in [4.69, 9.17) is 5.21 Å². The molecule has 1 N–H and O–H groups in total. The Bertz CT molecular complexity index is 461. The molecule has 0 radical (unpaired) electrons. The number of oxime groups is 1. The molecule has 0 saturated heterocycles. The molecular weight excluding hydrogens is 245 g/mol. The maximum Gasteiger partial charge on any atom is 0.433 e. The predicted octanol–water partition coefficient (Wildman–Crippen LogP) is 3.74. The Morgan fingerprint density at radius 1 is 1.44 bits per heavy atom. The van der Waals surface area contributed by atoms with Crippen LogP contribution in [0.3, 0.4) is 0 Å². The van der Waals surface area contributed by atoms with Crippen molar-refractivity contribution < 1.29 is 18.4 Å². The van der Waals surface area contributed by atoms with Crippen molar-refractivity contribution in [2.45, 2.75) is 26.4 Å². The van der Waals surface area contributed by atoms with Crippen molar-refractivity contribution >= 4 is 11.8 Å². The first-order valence-electron chi connectivity index (χ1n) is 5.31. The monoisotopic (exact) mass is 258 g/mol. The van der Waals surface area contributed by atoms with Crippen LogP contribution in [0.15, 0.2) is 29.1 Å². The topological polar surface area (TPSA) is 45.5 Å². The number of nitrogens with zero attached hydrogens (tertiary/aromatic N) is 2. The number of pyridine rings is 1. The number of halogens is 3. The summed E-state index contributed by atoms with van der Waals surface area (Å²) in [5, 5.41) is 11.8. The van der Waals surface area contributed by atoms with Gasteiger partial charge in [-0.2, -0.15) is 13.2 Å². The molecule has 0 aliphatic carbocycles. The second-order valence-electron chi connectivity index (χ2n) is 3.70. The van der Waals surface area contributed by atoms with Gasteiger partial charge in [-0.05, 0) is 36.6 Å².